The van der Waals surface area contributed by atoms with E-state index in [0.29, 0.717) is 11.7 Å². The molecule has 1 saturated heterocycles. The van der Waals surface area contributed by atoms with Gasteiger partial charge in [0.25, 0.3) is 0 Å². The number of benzene rings is 2. The van der Waals surface area contributed by atoms with Gasteiger partial charge in [0.15, 0.2) is 5.78 Å². The summed E-state index contributed by atoms with van der Waals surface area (Å²) in [6.07, 6.45) is 3.78. The van der Waals surface area contributed by atoms with E-state index in [1.165, 1.54) is 16.3 Å². The van der Waals surface area contributed by atoms with E-state index in [9.17, 15) is 4.79 Å². The van der Waals surface area contributed by atoms with E-state index in [4.69, 9.17) is 16.3 Å². The molecule has 29 heavy (non-hydrogen) atoms. The molecule has 0 unspecified atom stereocenters. The minimum Gasteiger partial charge on any atom is -0.378 e. The molecular weight excluding hydrogens is 384 g/mol. The lowest BCUT2D eigenvalue weighted by molar-refractivity contribution is 0.0139. The van der Waals surface area contributed by atoms with Crippen LogP contribution in [0, 0.1) is 0 Å². The molecule has 0 bridgehead atoms. The first-order valence-corrected chi connectivity index (χ1v) is 11.2. The van der Waals surface area contributed by atoms with Crippen molar-refractivity contribution in [2.24, 2.45) is 0 Å². The molecule has 1 aromatic heterocycles. The predicted molar refractivity (Wildman–Crippen MR) is 120 cm³/mol. The zero-order chi connectivity index (χ0) is 20.2. The third kappa shape index (κ3) is 4.35. The highest BCUT2D eigenvalue weighted by molar-refractivity contribution is 6.30. The Morgan fingerprint density at radius 3 is 2.59 bits per heavy atom. The molecule has 3 aromatic rings. The van der Waals surface area contributed by atoms with Crippen molar-refractivity contribution in [2.45, 2.75) is 38.8 Å². The molecule has 2 heterocycles. The highest BCUT2D eigenvalue weighted by Crippen LogP contribution is 2.30. The van der Waals surface area contributed by atoms with Crippen molar-refractivity contribution in [3.8, 4) is 0 Å². The normalized spacial score (nSPS) is 16.1. The summed E-state index contributed by atoms with van der Waals surface area (Å²) in [6.45, 7) is 7.15. The number of ether oxygens (including phenoxy) is 1. The first-order chi connectivity index (χ1) is 14.2. The smallest absolute Gasteiger partial charge is 0.177 e. The van der Waals surface area contributed by atoms with E-state index >= 15 is 0 Å². The number of hydrogen-bond acceptors (Lipinski definition) is 3. The summed E-state index contributed by atoms with van der Waals surface area (Å²) in [6, 6.07) is 14.5. The van der Waals surface area contributed by atoms with Crippen molar-refractivity contribution in [2.75, 3.05) is 32.1 Å². The van der Waals surface area contributed by atoms with Crippen molar-refractivity contribution in [1.82, 2.24) is 9.47 Å². The van der Waals surface area contributed by atoms with Crippen LogP contribution in [0.15, 0.2) is 42.5 Å². The fourth-order valence-corrected chi connectivity index (χ4v) is 4.68. The molecule has 0 saturated carbocycles. The predicted octanol–water partition coefficient (Wildman–Crippen LogP) is 5.11. The Morgan fingerprint density at radius 2 is 1.83 bits per heavy atom. The zero-order valence-corrected chi connectivity index (χ0v) is 17.8. The van der Waals surface area contributed by atoms with Crippen LogP contribution in [-0.2, 0) is 11.3 Å². The van der Waals surface area contributed by atoms with Gasteiger partial charge in [0.05, 0.1) is 12.0 Å². The van der Waals surface area contributed by atoms with Crippen LogP contribution in [0.25, 0.3) is 21.8 Å². The Labute approximate surface area is 177 Å². The first-order valence-electron chi connectivity index (χ1n) is 10.7. The maximum absolute atomic E-state index is 12.1. The molecule has 4 nitrogen and oxygen atoms in total. The number of alkyl halides is 1. The zero-order valence-electron chi connectivity index (χ0n) is 17.1. The van der Waals surface area contributed by atoms with Crippen molar-refractivity contribution < 1.29 is 9.53 Å². The van der Waals surface area contributed by atoms with Crippen LogP contribution in [0.4, 0.5) is 0 Å². The fourth-order valence-electron chi connectivity index (χ4n) is 4.53. The Balaban J connectivity index is 1.52. The molecule has 0 atom stereocenters. The average molecular weight is 413 g/mol. The van der Waals surface area contributed by atoms with Crippen LogP contribution in [0.3, 0.4) is 0 Å². The van der Waals surface area contributed by atoms with Crippen molar-refractivity contribution in [3.63, 3.8) is 0 Å². The second-order valence-corrected chi connectivity index (χ2v) is 8.07. The number of fused-ring (bicyclic) bond motifs is 3. The number of halogens is 1. The van der Waals surface area contributed by atoms with Crippen LogP contribution < -0.4 is 0 Å². The van der Waals surface area contributed by atoms with Gasteiger partial charge >= 0.3 is 0 Å². The number of carbonyl (C=O) groups is 1. The summed E-state index contributed by atoms with van der Waals surface area (Å²) < 4.78 is 8.13. The van der Waals surface area contributed by atoms with Crippen LogP contribution in [-0.4, -0.2) is 53.5 Å². The molecular formula is C24H29ClN2O2. The van der Waals surface area contributed by atoms with Gasteiger partial charge in [-0.25, -0.2) is 0 Å². The van der Waals surface area contributed by atoms with E-state index in [2.05, 4.69) is 46.7 Å². The third-order valence-electron chi connectivity index (χ3n) is 6.01. The highest BCUT2D eigenvalue weighted by atomic mass is 35.5. The number of Topliss-reactive ketones (excluding diaryl/α,β-unsaturated/α-hetero) is 1. The van der Waals surface area contributed by atoms with Crippen LogP contribution in [0.1, 0.15) is 36.5 Å². The van der Waals surface area contributed by atoms with Gasteiger partial charge in [-0.1, -0.05) is 30.3 Å². The van der Waals surface area contributed by atoms with Gasteiger partial charge in [-0.15, -0.1) is 11.6 Å². The summed E-state index contributed by atoms with van der Waals surface area (Å²) >= 11 is 5.79. The average Bonchev–Trinajstić information content (AvgIpc) is 3.08. The molecule has 0 aliphatic carbocycles. The lowest BCUT2D eigenvalue weighted by Gasteiger charge is -2.31. The molecule has 0 radical (unpaired) electrons. The van der Waals surface area contributed by atoms with Gasteiger partial charge in [0.1, 0.15) is 0 Å². The summed E-state index contributed by atoms with van der Waals surface area (Å²) in [5.74, 6) is -0.00813. The van der Waals surface area contributed by atoms with Crippen LogP contribution >= 0.6 is 11.6 Å². The van der Waals surface area contributed by atoms with Gasteiger partial charge in [-0.2, -0.15) is 0 Å². The first kappa shape index (κ1) is 20.4. The molecule has 2 aromatic carbocycles. The molecule has 0 spiro atoms. The maximum Gasteiger partial charge on any atom is 0.177 e. The number of aryl methyl sites for hydroxylation is 1. The molecule has 5 heteroatoms. The van der Waals surface area contributed by atoms with Crippen molar-refractivity contribution >= 4 is 39.2 Å². The Kier molecular flexibility index (Phi) is 6.53. The Hall–Kier alpha value is -1.88. The second-order valence-electron chi connectivity index (χ2n) is 7.81. The number of carbonyl (C=O) groups excluding carboxylic acids is 1. The summed E-state index contributed by atoms with van der Waals surface area (Å²) in [7, 11) is 0. The van der Waals surface area contributed by atoms with Gasteiger partial charge in [-0.05, 0) is 44.9 Å². The Bertz CT molecular complexity index is 989. The molecule has 1 aliphatic rings. The quantitative estimate of drug-likeness (QED) is 0.381. The van der Waals surface area contributed by atoms with Crippen molar-refractivity contribution in [3.05, 3.63) is 48.0 Å². The minimum absolute atomic E-state index is 0.0173. The number of para-hydroxylation sites is 1. The minimum atomic E-state index is -0.0254. The number of likely N-dealkylation sites (tertiary alicyclic amines) is 1. The number of aromatic nitrogens is 1. The Morgan fingerprint density at radius 1 is 1.07 bits per heavy atom. The lowest BCUT2D eigenvalue weighted by atomic mass is 10.1. The summed E-state index contributed by atoms with van der Waals surface area (Å²) in [5, 5.41) is 2.44. The van der Waals surface area contributed by atoms with Gasteiger partial charge in [0, 0.05) is 53.6 Å². The van der Waals surface area contributed by atoms with E-state index in [-0.39, 0.29) is 11.7 Å². The van der Waals surface area contributed by atoms with E-state index < -0.39 is 0 Å². The molecule has 154 valence electrons. The number of ketones is 1. The summed E-state index contributed by atoms with van der Waals surface area (Å²) in [4.78, 5) is 14.7. The molecule has 0 N–H and O–H groups in total. The number of piperidine rings is 1. The molecule has 4 rings (SSSR count). The molecule has 1 aliphatic heterocycles. The molecule has 1 fully saturated rings. The van der Waals surface area contributed by atoms with Gasteiger partial charge < -0.3 is 14.2 Å². The number of nitrogens with zero attached hydrogens (tertiary/aromatic N) is 2. The topological polar surface area (TPSA) is 34.5 Å². The van der Waals surface area contributed by atoms with E-state index in [1.807, 2.05) is 12.1 Å². The molecule has 0 amide bonds. The second kappa shape index (κ2) is 9.29. The monoisotopic (exact) mass is 412 g/mol. The highest BCUT2D eigenvalue weighted by Gasteiger charge is 2.19. The SMILES string of the molecule is CCOC1CCN(CCCn2c3ccccc3c3ccc(C(=O)CCl)cc32)CC1. The lowest BCUT2D eigenvalue weighted by Crippen LogP contribution is -2.37. The van der Waals surface area contributed by atoms with E-state index in [0.717, 1.165) is 57.6 Å². The number of rotatable bonds is 8. The van der Waals surface area contributed by atoms with Gasteiger partial charge in [-0.3, -0.25) is 4.79 Å². The maximum atomic E-state index is 12.1. The third-order valence-corrected chi connectivity index (χ3v) is 6.25. The van der Waals surface area contributed by atoms with Gasteiger partial charge in [0.2, 0.25) is 0 Å². The van der Waals surface area contributed by atoms with E-state index in [1.54, 1.807) is 0 Å². The fraction of sp³-hybridized carbons (Fsp3) is 0.458. The summed E-state index contributed by atoms with van der Waals surface area (Å²) in [5.41, 5.74) is 3.04. The van der Waals surface area contributed by atoms with Crippen LogP contribution in [0.2, 0.25) is 0 Å². The van der Waals surface area contributed by atoms with Crippen LogP contribution in [0.5, 0.6) is 0 Å². The number of hydrogen-bond donors (Lipinski definition) is 0. The van der Waals surface area contributed by atoms with Crippen molar-refractivity contribution in [1.29, 1.82) is 0 Å². The standard InChI is InChI=1S/C24H29ClN2O2/c1-2-29-19-10-14-26(15-11-19)12-5-13-27-22-7-4-3-6-20(22)21-9-8-18(16-23(21)27)24(28)17-25/h3-4,6-9,16,19H,2,5,10-15,17H2,1H3. The largest absolute Gasteiger partial charge is 0.378 e.